The van der Waals surface area contributed by atoms with Crippen LogP contribution in [0.5, 0.6) is 5.75 Å². The molecule has 0 spiro atoms. The van der Waals surface area contributed by atoms with Gasteiger partial charge in [-0.2, -0.15) is 0 Å². The number of nitrogen functional groups attached to an aromatic ring is 1. The maximum atomic E-state index is 12.6. The van der Waals surface area contributed by atoms with Crippen molar-refractivity contribution < 1.29 is 9.53 Å². The molecule has 0 aliphatic carbocycles. The van der Waals surface area contributed by atoms with Crippen LogP contribution in [0, 0.1) is 0 Å². The number of methoxy groups -OCH3 is 1. The summed E-state index contributed by atoms with van der Waals surface area (Å²) in [5, 5.41) is 2.01. The number of benzene rings is 1. The highest BCUT2D eigenvalue weighted by molar-refractivity contribution is 7.10. The predicted molar refractivity (Wildman–Crippen MR) is 82.2 cm³/mol. The second kappa shape index (κ2) is 5.96. The summed E-state index contributed by atoms with van der Waals surface area (Å²) >= 11 is 1.64. The molecule has 2 N–H and O–H groups in total. The summed E-state index contributed by atoms with van der Waals surface area (Å²) < 4.78 is 5.24. The standard InChI is InChI=1S/C15H18N2O2S/c1-10(14-5-4-8-20-14)17(2)15(18)12-9-11(16)6-7-13(12)19-3/h4-10H,16H2,1-3H3. The summed E-state index contributed by atoms with van der Waals surface area (Å²) in [6, 6.07) is 9.10. The van der Waals surface area contributed by atoms with Gasteiger partial charge in [0, 0.05) is 17.6 Å². The third-order valence-corrected chi connectivity index (χ3v) is 4.35. The van der Waals surface area contributed by atoms with E-state index in [-0.39, 0.29) is 11.9 Å². The third-order valence-electron chi connectivity index (χ3n) is 3.31. The van der Waals surface area contributed by atoms with E-state index in [1.54, 1.807) is 48.6 Å². The molecule has 0 fully saturated rings. The van der Waals surface area contributed by atoms with Crippen molar-refractivity contribution in [3.8, 4) is 5.75 Å². The Hall–Kier alpha value is -2.01. The molecule has 0 bridgehead atoms. The average molecular weight is 290 g/mol. The third kappa shape index (κ3) is 2.77. The zero-order valence-corrected chi connectivity index (χ0v) is 12.6. The fourth-order valence-corrected chi connectivity index (χ4v) is 2.80. The first-order chi connectivity index (χ1) is 9.54. The average Bonchev–Trinajstić information content (AvgIpc) is 2.99. The lowest BCUT2D eigenvalue weighted by atomic mass is 10.1. The van der Waals surface area contributed by atoms with E-state index in [9.17, 15) is 4.79 Å². The van der Waals surface area contributed by atoms with Crippen LogP contribution in [0.25, 0.3) is 0 Å². The van der Waals surface area contributed by atoms with E-state index in [1.165, 1.54) is 0 Å². The second-order valence-electron chi connectivity index (χ2n) is 4.57. The van der Waals surface area contributed by atoms with Crippen LogP contribution in [0.2, 0.25) is 0 Å². The van der Waals surface area contributed by atoms with Crippen molar-refractivity contribution in [1.29, 1.82) is 0 Å². The van der Waals surface area contributed by atoms with Crippen molar-refractivity contribution in [3.05, 3.63) is 46.2 Å². The van der Waals surface area contributed by atoms with Crippen LogP contribution in [-0.4, -0.2) is 25.0 Å². The number of ether oxygens (including phenoxy) is 1. The number of hydrogen-bond acceptors (Lipinski definition) is 4. The highest BCUT2D eigenvalue weighted by Gasteiger charge is 2.22. The van der Waals surface area contributed by atoms with Crippen LogP contribution >= 0.6 is 11.3 Å². The highest BCUT2D eigenvalue weighted by Crippen LogP contribution is 2.28. The van der Waals surface area contributed by atoms with Crippen LogP contribution in [0.15, 0.2) is 35.7 Å². The van der Waals surface area contributed by atoms with Crippen molar-refractivity contribution in [2.75, 3.05) is 19.9 Å². The first-order valence-corrected chi connectivity index (χ1v) is 7.16. The normalized spacial score (nSPS) is 11.9. The highest BCUT2D eigenvalue weighted by atomic mass is 32.1. The molecule has 0 aliphatic heterocycles. The minimum Gasteiger partial charge on any atom is -0.496 e. The zero-order chi connectivity index (χ0) is 14.7. The molecule has 5 heteroatoms. The summed E-state index contributed by atoms with van der Waals surface area (Å²) in [6.07, 6.45) is 0. The van der Waals surface area contributed by atoms with E-state index >= 15 is 0 Å². The molecule has 1 amide bonds. The number of amides is 1. The Labute approximate surface area is 122 Å². The summed E-state index contributed by atoms with van der Waals surface area (Å²) in [5.41, 5.74) is 6.80. The number of nitrogens with zero attached hydrogens (tertiary/aromatic N) is 1. The Kier molecular flexibility index (Phi) is 4.29. The largest absolute Gasteiger partial charge is 0.496 e. The van der Waals surface area contributed by atoms with Gasteiger partial charge in [-0.15, -0.1) is 11.3 Å². The van der Waals surface area contributed by atoms with E-state index in [0.717, 1.165) is 4.88 Å². The Balaban J connectivity index is 2.29. The Morgan fingerprint density at radius 1 is 1.40 bits per heavy atom. The lowest BCUT2D eigenvalue weighted by Crippen LogP contribution is -2.29. The summed E-state index contributed by atoms with van der Waals surface area (Å²) in [5.74, 6) is 0.435. The predicted octanol–water partition coefficient (Wildman–Crippen LogP) is 3.17. The fourth-order valence-electron chi connectivity index (χ4n) is 1.98. The SMILES string of the molecule is COc1ccc(N)cc1C(=O)N(C)C(C)c1cccs1. The van der Waals surface area contributed by atoms with Crippen molar-refractivity contribution in [3.63, 3.8) is 0 Å². The number of carbonyl (C=O) groups excluding carboxylic acids is 1. The Morgan fingerprint density at radius 2 is 2.15 bits per heavy atom. The van der Waals surface area contributed by atoms with E-state index in [0.29, 0.717) is 17.0 Å². The van der Waals surface area contributed by atoms with E-state index in [2.05, 4.69) is 0 Å². The van der Waals surface area contributed by atoms with Gasteiger partial charge in [0.05, 0.1) is 18.7 Å². The molecule has 1 heterocycles. The fraction of sp³-hybridized carbons (Fsp3) is 0.267. The molecule has 1 aromatic heterocycles. The minimum atomic E-state index is -0.102. The zero-order valence-electron chi connectivity index (χ0n) is 11.8. The maximum absolute atomic E-state index is 12.6. The van der Waals surface area contributed by atoms with Crippen LogP contribution in [0.3, 0.4) is 0 Å². The van der Waals surface area contributed by atoms with Gasteiger partial charge in [0.2, 0.25) is 0 Å². The molecule has 2 aromatic rings. The number of hydrogen-bond donors (Lipinski definition) is 1. The second-order valence-corrected chi connectivity index (χ2v) is 5.55. The monoisotopic (exact) mass is 290 g/mol. The summed E-state index contributed by atoms with van der Waals surface area (Å²) in [6.45, 7) is 2.00. The van der Waals surface area contributed by atoms with E-state index < -0.39 is 0 Å². The summed E-state index contributed by atoms with van der Waals surface area (Å²) in [4.78, 5) is 15.4. The van der Waals surface area contributed by atoms with Crippen LogP contribution in [0.1, 0.15) is 28.2 Å². The first-order valence-electron chi connectivity index (χ1n) is 6.28. The van der Waals surface area contributed by atoms with E-state index in [4.69, 9.17) is 10.5 Å². The molecule has 4 nitrogen and oxygen atoms in total. The van der Waals surface area contributed by atoms with Gasteiger partial charge in [0.25, 0.3) is 5.91 Å². The molecule has 1 aromatic carbocycles. The van der Waals surface area contributed by atoms with Crippen LogP contribution in [-0.2, 0) is 0 Å². The van der Waals surface area contributed by atoms with Gasteiger partial charge in [-0.25, -0.2) is 0 Å². The molecule has 0 saturated heterocycles. The van der Waals surface area contributed by atoms with Gasteiger partial charge < -0.3 is 15.4 Å². The quantitative estimate of drug-likeness (QED) is 0.880. The van der Waals surface area contributed by atoms with Crippen LogP contribution in [0.4, 0.5) is 5.69 Å². The van der Waals surface area contributed by atoms with E-state index in [1.807, 2.05) is 24.4 Å². The molecular formula is C15H18N2O2S. The lowest BCUT2D eigenvalue weighted by molar-refractivity contribution is 0.0741. The molecule has 106 valence electrons. The summed E-state index contributed by atoms with van der Waals surface area (Å²) in [7, 11) is 3.33. The van der Waals surface area contributed by atoms with Crippen molar-refractivity contribution in [2.24, 2.45) is 0 Å². The van der Waals surface area contributed by atoms with Crippen molar-refractivity contribution in [1.82, 2.24) is 4.90 Å². The number of rotatable bonds is 4. The van der Waals surface area contributed by atoms with Gasteiger partial charge in [-0.05, 0) is 36.6 Å². The molecule has 20 heavy (non-hydrogen) atoms. The number of thiophene rings is 1. The number of nitrogens with two attached hydrogens (primary N) is 1. The van der Waals surface area contributed by atoms with Gasteiger partial charge in [0.1, 0.15) is 5.75 Å². The molecule has 1 atom stereocenters. The maximum Gasteiger partial charge on any atom is 0.257 e. The lowest BCUT2D eigenvalue weighted by Gasteiger charge is -2.25. The smallest absolute Gasteiger partial charge is 0.257 e. The van der Waals surface area contributed by atoms with Gasteiger partial charge in [0.15, 0.2) is 0 Å². The van der Waals surface area contributed by atoms with Gasteiger partial charge >= 0.3 is 0 Å². The molecule has 2 rings (SSSR count). The minimum absolute atomic E-state index is 0.00800. The first kappa shape index (κ1) is 14.4. The van der Waals surface area contributed by atoms with Crippen LogP contribution < -0.4 is 10.5 Å². The van der Waals surface area contributed by atoms with Gasteiger partial charge in [-0.1, -0.05) is 6.07 Å². The molecule has 0 radical (unpaired) electrons. The molecule has 0 saturated carbocycles. The molecule has 0 aliphatic rings. The molecular weight excluding hydrogens is 272 g/mol. The van der Waals surface area contributed by atoms with Crippen molar-refractivity contribution >= 4 is 22.9 Å². The number of carbonyl (C=O) groups is 1. The van der Waals surface area contributed by atoms with Crippen molar-refractivity contribution in [2.45, 2.75) is 13.0 Å². The topological polar surface area (TPSA) is 55.6 Å². The Bertz CT molecular complexity index is 596. The molecule has 1 unspecified atom stereocenters. The van der Waals surface area contributed by atoms with Gasteiger partial charge in [-0.3, -0.25) is 4.79 Å². The number of anilines is 1. The Morgan fingerprint density at radius 3 is 2.75 bits per heavy atom.